The van der Waals surface area contributed by atoms with Gasteiger partial charge < -0.3 is 14.5 Å². The molecule has 140 valence electrons. The third kappa shape index (κ3) is 8.34. The highest BCUT2D eigenvalue weighted by Gasteiger charge is 2.22. The number of ether oxygens (including phenoxy) is 1. The molecule has 0 bridgehead atoms. The van der Waals surface area contributed by atoms with Crippen molar-refractivity contribution in [2.24, 2.45) is 0 Å². The highest BCUT2D eigenvalue weighted by atomic mass is 17.0. The van der Waals surface area contributed by atoms with Crippen molar-refractivity contribution < 1.29 is 19.2 Å². The average Bonchev–Trinajstić information content (AvgIpc) is 2.57. The first kappa shape index (κ1) is 19.7. The van der Waals surface area contributed by atoms with Gasteiger partial charge in [-0.25, -0.2) is 4.79 Å². The van der Waals surface area contributed by atoms with Crippen LogP contribution in [0.2, 0.25) is 0 Å². The van der Waals surface area contributed by atoms with Gasteiger partial charge in [0.2, 0.25) is 0 Å². The van der Waals surface area contributed by atoms with Crippen molar-refractivity contribution in [1.82, 2.24) is 10.1 Å². The molecular formula is C19H30N2O4. The molecule has 0 saturated carbocycles. The van der Waals surface area contributed by atoms with Crippen molar-refractivity contribution in [3.63, 3.8) is 0 Å². The Morgan fingerprint density at radius 2 is 1.80 bits per heavy atom. The van der Waals surface area contributed by atoms with Crippen LogP contribution in [-0.2, 0) is 21.0 Å². The molecule has 25 heavy (non-hydrogen) atoms. The molecule has 0 N–H and O–H groups in total. The molecule has 1 fully saturated rings. The molecule has 0 radical (unpaired) electrons. The Kier molecular flexibility index (Phi) is 7.68. The number of piperidine rings is 1. The normalized spacial score (nSPS) is 16.0. The van der Waals surface area contributed by atoms with Crippen LogP contribution in [0.25, 0.3) is 0 Å². The number of likely N-dealkylation sites (tertiary alicyclic amines) is 1. The summed E-state index contributed by atoms with van der Waals surface area (Å²) in [7, 11) is 0. The molecule has 6 nitrogen and oxygen atoms in total. The SMILES string of the molecule is CC(C)(C)OC(=O)ON(CCN1CCCCC1)OCc1ccccc1. The van der Waals surface area contributed by atoms with E-state index in [4.69, 9.17) is 14.4 Å². The number of carbonyl (C=O) groups excluding carboxylic acids is 1. The fourth-order valence-electron chi connectivity index (χ4n) is 2.62. The number of hydroxylamine groups is 2. The summed E-state index contributed by atoms with van der Waals surface area (Å²) in [5, 5.41) is 1.25. The number of hydrogen-bond acceptors (Lipinski definition) is 6. The summed E-state index contributed by atoms with van der Waals surface area (Å²) in [4.78, 5) is 25.3. The standard InChI is InChI=1S/C19H30N2O4/c1-19(2,3)24-18(22)25-21(15-14-20-12-8-5-9-13-20)23-16-17-10-6-4-7-11-17/h4,6-7,10-11H,5,8-9,12-16H2,1-3H3. The Labute approximate surface area is 150 Å². The van der Waals surface area contributed by atoms with Gasteiger partial charge in [0.1, 0.15) is 5.60 Å². The molecule has 1 aromatic carbocycles. The van der Waals surface area contributed by atoms with Gasteiger partial charge in [-0.15, -0.1) is 0 Å². The van der Waals surface area contributed by atoms with Crippen molar-refractivity contribution >= 4 is 6.16 Å². The number of rotatable bonds is 7. The third-order valence-electron chi connectivity index (χ3n) is 3.83. The Bertz CT molecular complexity index is 510. The van der Waals surface area contributed by atoms with E-state index in [1.165, 1.54) is 24.5 Å². The summed E-state index contributed by atoms with van der Waals surface area (Å²) in [5.41, 5.74) is 0.410. The molecule has 1 saturated heterocycles. The lowest BCUT2D eigenvalue weighted by molar-refractivity contribution is -0.350. The van der Waals surface area contributed by atoms with Gasteiger partial charge >= 0.3 is 6.16 Å². The van der Waals surface area contributed by atoms with Crippen LogP contribution in [0.5, 0.6) is 0 Å². The monoisotopic (exact) mass is 350 g/mol. The highest BCUT2D eigenvalue weighted by molar-refractivity contribution is 5.59. The van der Waals surface area contributed by atoms with Crippen LogP contribution >= 0.6 is 0 Å². The van der Waals surface area contributed by atoms with E-state index in [2.05, 4.69) is 4.90 Å². The topological polar surface area (TPSA) is 51.2 Å². The van der Waals surface area contributed by atoms with E-state index in [9.17, 15) is 4.79 Å². The average molecular weight is 350 g/mol. The van der Waals surface area contributed by atoms with Crippen molar-refractivity contribution in [3.8, 4) is 0 Å². The Balaban J connectivity index is 1.86. The second-order valence-corrected chi connectivity index (χ2v) is 7.27. The molecule has 0 aliphatic carbocycles. The molecule has 1 aliphatic heterocycles. The minimum Gasteiger partial charge on any atom is -0.427 e. The van der Waals surface area contributed by atoms with E-state index in [1.807, 2.05) is 30.3 Å². The number of nitrogens with zero attached hydrogens (tertiary/aromatic N) is 2. The maximum atomic E-state index is 12.0. The lowest BCUT2D eigenvalue weighted by Crippen LogP contribution is -2.39. The quantitative estimate of drug-likeness (QED) is 0.551. The minimum absolute atomic E-state index is 0.337. The van der Waals surface area contributed by atoms with Gasteiger partial charge in [0.05, 0.1) is 13.2 Å². The second kappa shape index (κ2) is 9.75. The van der Waals surface area contributed by atoms with Gasteiger partial charge in [0, 0.05) is 6.54 Å². The summed E-state index contributed by atoms with van der Waals surface area (Å²) in [5.74, 6) is 0. The van der Waals surface area contributed by atoms with E-state index in [0.29, 0.717) is 13.2 Å². The first-order valence-corrected chi connectivity index (χ1v) is 9.00. The summed E-state index contributed by atoms with van der Waals surface area (Å²) < 4.78 is 5.22. The first-order valence-electron chi connectivity index (χ1n) is 9.00. The van der Waals surface area contributed by atoms with E-state index < -0.39 is 11.8 Å². The molecule has 1 aromatic rings. The lowest BCUT2D eigenvalue weighted by Gasteiger charge is -2.29. The van der Waals surface area contributed by atoms with Gasteiger partial charge in [-0.1, -0.05) is 36.8 Å². The first-order chi connectivity index (χ1) is 11.9. The summed E-state index contributed by atoms with van der Waals surface area (Å²) in [6.07, 6.45) is 2.98. The van der Waals surface area contributed by atoms with E-state index in [-0.39, 0.29) is 0 Å². The third-order valence-corrected chi connectivity index (χ3v) is 3.83. The number of benzene rings is 1. The smallest absolute Gasteiger partial charge is 0.427 e. The summed E-state index contributed by atoms with van der Waals surface area (Å²) in [6, 6.07) is 9.79. The van der Waals surface area contributed by atoms with Crippen LogP contribution < -0.4 is 0 Å². The Hall–Kier alpha value is -1.63. The van der Waals surface area contributed by atoms with Gasteiger partial charge in [-0.2, -0.15) is 0 Å². The maximum absolute atomic E-state index is 12.0. The van der Waals surface area contributed by atoms with Crippen molar-refractivity contribution in [2.45, 2.75) is 52.2 Å². The van der Waals surface area contributed by atoms with E-state index in [0.717, 1.165) is 25.2 Å². The molecule has 1 heterocycles. The van der Waals surface area contributed by atoms with Crippen LogP contribution in [0.4, 0.5) is 4.79 Å². The number of hydrogen-bond donors (Lipinski definition) is 0. The van der Waals surface area contributed by atoms with E-state index >= 15 is 0 Å². The van der Waals surface area contributed by atoms with Gasteiger partial charge in [-0.05, 0) is 57.5 Å². The molecule has 1 aliphatic rings. The van der Waals surface area contributed by atoms with E-state index in [1.54, 1.807) is 20.8 Å². The molecule has 0 amide bonds. The molecule has 0 atom stereocenters. The Morgan fingerprint density at radius 1 is 1.12 bits per heavy atom. The van der Waals surface area contributed by atoms with Crippen LogP contribution in [-0.4, -0.2) is 48.1 Å². The Morgan fingerprint density at radius 3 is 2.44 bits per heavy atom. The van der Waals surface area contributed by atoms with Crippen LogP contribution in [0.3, 0.4) is 0 Å². The van der Waals surface area contributed by atoms with Gasteiger partial charge in [0.15, 0.2) is 0 Å². The van der Waals surface area contributed by atoms with Gasteiger partial charge in [-0.3, -0.25) is 4.84 Å². The zero-order valence-electron chi connectivity index (χ0n) is 15.6. The zero-order chi connectivity index (χ0) is 18.1. The van der Waals surface area contributed by atoms with Crippen molar-refractivity contribution in [1.29, 1.82) is 0 Å². The fraction of sp³-hybridized carbons (Fsp3) is 0.632. The molecule has 0 unspecified atom stereocenters. The zero-order valence-corrected chi connectivity index (χ0v) is 15.6. The molecule has 0 spiro atoms. The van der Waals surface area contributed by atoms with Crippen LogP contribution in [0.1, 0.15) is 45.6 Å². The van der Waals surface area contributed by atoms with Gasteiger partial charge in [0.25, 0.3) is 0 Å². The lowest BCUT2D eigenvalue weighted by atomic mass is 10.1. The molecular weight excluding hydrogens is 320 g/mol. The predicted octanol–water partition coefficient (Wildman–Crippen LogP) is 3.77. The van der Waals surface area contributed by atoms with Crippen LogP contribution in [0.15, 0.2) is 30.3 Å². The summed E-state index contributed by atoms with van der Waals surface area (Å²) >= 11 is 0. The van der Waals surface area contributed by atoms with Crippen molar-refractivity contribution in [3.05, 3.63) is 35.9 Å². The second-order valence-electron chi connectivity index (χ2n) is 7.27. The van der Waals surface area contributed by atoms with Crippen LogP contribution in [0, 0.1) is 0 Å². The minimum atomic E-state index is -0.751. The predicted molar refractivity (Wildman–Crippen MR) is 95.5 cm³/mol. The molecule has 2 rings (SSSR count). The highest BCUT2D eigenvalue weighted by Crippen LogP contribution is 2.12. The summed E-state index contributed by atoms with van der Waals surface area (Å²) in [6.45, 7) is 9.18. The molecule has 6 heteroatoms. The molecule has 0 aromatic heterocycles. The van der Waals surface area contributed by atoms with Crippen molar-refractivity contribution in [2.75, 3.05) is 26.2 Å². The number of carbonyl (C=O) groups is 1. The maximum Gasteiger partial charge on any atom is 0.530 e. The largest absolute Gasteiger partial charge is 0.530 e. The fourth-order valence-corrected chi connectivity index (χ4v) is 2.62.